The third kappa shape index (κ3) is 2.10. The summed E-state index contributed by atoms with van der Waals surface area (Å²) in [5.74, 6) is 0. The first-order valence-corrected chi connectivity index (χ1v) is 6.35. The predicted octanol–water partition coefficient (Wildman–Crippen LogP) is 4.08. The van der Waals surface area contributed by atoms with Gasteiger partial charge in [0.05, 0.1) is 11.4 Å². The Kier molecular flexibility index (Phi) is 3.37. The van der Waals surface area contributed by atoms with Crippen molar-refractivity contribution in [3.8, 4) is 5.69 Å². The highest BCUT2D eigenvalue weighted by molar-refractivity contribution is 5.71. The van der Waals surface area contributed by atoms with E-state index in [1.807, 2.05) is 11.6 Å². The summed E-state index contributed by atoms with van der Waals surface area (Å²) < 4.78 is 1.99. The van der Waals surface area contributed by atoms with Gasteiger partial charge in [0.2, 0.25) is 0 Å². The number of aryl methyl sites for hydroxylation is 3. The molecule has 0 fully saturated rings. The number of hydrogen-bond donors (Lipinski definition) is 0. The maximum Gasteiger partial charge on any atom is 0.0749 e. The van der Waals surface area contributed by atoms with Crippen molar-refractivity contribution >= 4 is 5.57 Å². The third-order valence-corrected chi connectivity index (χ3v) is 3.31. The lowest BCUT2D eigenvalue weighted by atomic mass is 10.0. The number of para-hydroxylation sites is 1. The smallest absolute Gasteiger partial charge is 0.0749 e. The van der Waals surface area contributed by atoms with Crippen LogP contribution in [0.3, 0.4) is 0 Å². The van der Waals surface area contributed by atoms with Crippen LogP contribution in [0.4, 0.5) is 0 Å². The molecule has 0 aliphatic carbocycles. The van der Waals surface area contributed by atoms with Gasteiger partial charge < -0.3 is 0 Å². The molecule has 1 aromatic carbocycles. The SMILES string of the molecule is C=C(C)c1cccc(C)c1-n1cc(CC)c(C)n1. The van der Waals surface area contributed by atoms with Crippen LogP contribution in [0, 0.1) is 13.8 Å². The minimum Gasteiger partial charge on any atom is -0.240 e. The molecule has 2 nitrogen and oxygen atoms in total. The summed E-state index contributed by atoms with van der Waals surface area (Å²) in [5, 5.41) is 4.63. The van der Waals surface area contributed by atoms with E-state index >= 15 is 0 Å². The van der Waals surface area contributed by atoms with E-state index in [4.69, 9.17) is 0 Å². The Labute approximate surface area is 109 Å². The van der Waals surface area contributed by atoms with Gasteiger partial charge in [-0.25, -0.2) is 4.68 Å². The fourth-order valence-electron chi connectivity index (χ4n) is 2.26. The van der Waals surface area contributed by atoms with Crippen molar-refractivity contribution in [1.29, 1.82) is 0 Å². The normalized spacial score (nSPS) is 10.7. The largest absolute Gasteiger partial charge is 0.240 e. The quantitative estimate of drug-likeness (QED) is 0.790. The molecule has 0 spiro atoms. The molecule has 1 aromatic heterocycles. The maximum atomic E-state index is 4.63. The fraction of sp³-hybridized carbons (Fsp3) is 0.312. The number of allylic oxidation sites excluding steroid dienone is 1. The zero-order valence-corrected chi connectivity index (χ0v) is 11.6. The molecular weight excluding hydrogens is 220 g/mol. The molecule has 0 aliphatic rings. The summed E-state index contributed by atoms with van der Waals surface area (Å²) in [4.78, 5) is 0. The second-order valence-electron chi connectivity index (χ2n) is 4.79. The van der Waals surface area contributed by atoms with Crippen molar-refractivity contribution in [2.45, 2.75) is 34.1 Å². The van der Waals surface area contributed by atoms with Crippen LogP contribution in [0.15, 0.2) is 31.0 Å². The molecule has 0 radical (unpaired) electrons. The lowest BCUT2D eigenvalue weighted by Crippen LogP contribution is -2.02. The second-order valence-corrected chi connectivity index (χ2v) is 4.79. The molecular formula is C16H20N2. The highest BCUT2D eigenvalue weighted by Crippen LogP contribution is 2.25. The van der Waals surface area contributed by atoms with Gasteiger partial charge in [0.1, 0.15) is 0 Å². The molecule has 2 heteroatoms. The Morgan fingerprint density at radius 1 is 1.33 bits per heavy atom. The van der Waals surface area contributed by atoms with Gasteiger partial charge in [-0.1, -0.05) is 31.7 Å². The molecule has 0 saturated carbocycles. The lowest BCUT2D eigenvalue weighted by Gasteiger charge is -2.12. The molecule has 0 bridgehead atoms. The van der Waals surface area contributed by atoms with Gasteiger partial charge in [-0.05, 0) is 43.9 Å². The molecule has 94 valence electrons. The van der Waals surface area contributed by atoms with Crippen LogP contribution >= 0.6 is 0 Å². The van der Waals surface area contributed by atoms with Gasteiger partial charge in [-0.15, -0.1) is 0 Å². The average molecular weight is 240 g/mol. The molecule has 0 unspecified atom stereocenters. The Balaban J connectivity index is 2.65. The van der Waals surface area contributed by atoms with Crippen LogP contribution < -0.4 is 0 Å². The number of hydrogen-bond acceptors (Lipinski definition) is 1. The van der Waals surface area contributed by atoms with Crippen molar-refractivity contribution in [3.05, 3.63) is 53.4 Å². The van der Waals surface area contributed by atoms with Gasteiger partial charge in [0.15, 0.2) is 0 Å². The summed E-state index contributed by atoms with van der Waals surface area (Å²) in [7, 11) is 0. The number of benzene rings is 1. The Hall–Kier alpha value is -1.83. The predicted molar refractivity (Wildman–Crippen MR) is 77.1 cm³/mol. The van der Waals surface area contributed by atoms with E-state index < -0.39 is 0 Å². The summed E-state index contributed by atoms with van der Waals surface area (Å²) in [6.45, 7) is 12.4. The highest BCUT2D eigenvalue weighted by atomic mass is 15.3. The van der Waals surface area contributed by atoms with Crippen molar-refractivity contribution in [2.24, 2.45) is 0 Å². The Bertz CT molecular complexity index is 591. The summed E-state index contributed by atoms with van der Waals surface area (Å²) in [6.07, 6.45) is 3.14. The monoisotopic (exact) mass is 240 g/mol. The number of rotatable bonds is 3. The topological polar surface area (TPSA) is 17.8 Å². The number of aromatic nitrogens is 2. The first-order chi connectivity index (χ1) is 8.54. The summed E-state index contributed by atoms with van der Waals surface area (Å²) in [6, 6.07) is 6.29. The van der Waals surface area contributed by atoms with Crippen molar-refractivity contribution < 1.29 is 0 Å². The number of nitrogens with zero attached hydrogens (tertiary/aromatic N) is 2. The zero-order chi connectivity index (χ0) is 13.3. The van der Waals surface area contributed by atoms with Crippen LogP contribution in [-0.2, 0) is 6.42 Å². The molecule has 0 aliphatic heterocycles. The molecule has 2 aromatic rings. The van der Waals surface area contributed by atoms with E-state index in [0.717, 1.165) is 23.4 Å². The molecule has 0 N–H and O–H groups in total. The van der Waals surface area contributed by atoms with E-state index in [-0.39, 0.29) is 0 Å². The van der Waals surface area contributed by atoms with Gasteiger partial charge in [-0.2, -0.15) is 5.10 Å². The Morgan fingerprint density at radius 2 is 2.06 bits per heavy atom. The maximum absolute atomic E-state index is 4.63. The minimum absolute atomic E-state index is 1.01. The minimum atomic E-state index is 1.01. The first-order valence-electron chi connectivity index (χ1n) is 6.35. The van der Waals surface area contributed by atoms with Crippen LogP contribution in [0.25, 0.3) is 11.3 Å². The average Bonchev–Trinajstić information content (AvgIpc) is 2.69. The second kappa shape index (κ2) is 4.81. The van der Waals surface area contributed by atoms with Gasteiger partial charge in [0.25, 0.3) is 0 Å². The van der Waals surface area contributed by atoms with Crippen molar-refractivity contribution in [1.82, 2.24) is 9.78 Å². The zero-order valence-electron chi connectivity index (χ0n) is 11.6. The molecule has 0 amide bonds. The van der Waals surface area contributed by atoms with E-state index in [1.54, 1.807) is 0 Å². The van der Waals surface area contributed by atoms with Crippen LogP contribution in [0.2, 0.25) is 0 Å². The van der Waals surface area contributed by atoms with E-state index in [9.17, 15) is 0 Å². The molecule has 0 atom stereocenters. The van der Waals surface area contributed by atoms with Crippen LogP contribution in [0.5, 0.6) is 0 Å². The third-order valence-electron chi connectivity index (χ3n) is 3.31. The van der Waals surface area contributed by atoms with E-state index in [2.05, 4.69) is 56.8 Å². The highest BCUT2D eigenvalue weighted by Gasteiger charge is 2.11. The van der Waals surface area contributed by atoms with Crippen molar-refractivity contribution in [3.63, 3.8) is 0 Å². The fourth-order valence-corrected chi connectivity index (χ4v) is 2.26. The summed E-state index contributed by atoms with van der Waals surface area (Å²) in [5.41, 5.74) is 7.01. The van der Waals surface area contributed by atoms with Crippen LogP contribution in [-0.4, -0.2) is 9.78 Å². The summed E-state index contributed by atoms with van der Waals surface area (Å²) >= 11 is 0. The first kappa shape index (κ1) is 12.6. The van der Waals surface area contributed by atoms with Gasteiger partial charge in [0, 0.05) is 11.8 Å². The van der Waals surface area contributed by atoms with Crippen molar-refractivity contribution in [2.75, 3.05) is 0 Å². The lowest BCUT2D eigenvalue weighted by molar-refractivity contribution is 0.853. The molecule has 18 heavy (non-hydrogen) atoms. The molecule has 0 saturated heterocycles. The molecule has 1 heterocycles. The Morgan fingerprint density at radius 3 is 2.61 bits per heavy atom. The van der Waals surface area contributed by atoms with Gasteiger partial charge in [-0.3, -0.25) is 0 Å². The van der Waals surface area contributed by atoms with E-state index in [1.165, 1.54) is 16.7 Å². The standard InChI is InChI=1S/C16H20N2/c1-6-14-10-18(17-13(14)5)16-12(4)8-7-9-15(16)11(2)3/h7-10H,2,6H2,1,3-5H3. The molecule has 2 rings (SSSR count). The van der Waals surface area contributed by atoms with Gasteiger partial charge >= 0.3 is 0 Å². The van der Waals surface area contributed by atoms with Crippen LogP contribution in [0.1, 0.15) is 36.2 Å². The van der Waals surface area contributed by atoms with E-state index in [0.29, 0.717) is 0 Å².